The molecule has 0 aromatic heterocycles. The SMILES string of the molecule is CC(=O)C1CCCC(C(C)=O)CC(C(C)=O)CCC1. The molecule has 2 unspecified atom stereocenters. The standard InChI is InChI=1S/C16H26O3/c1-11(17)14-6-4-8-15(12(2)18)10-16(13(3)19)9-5-7-14/h14-16H,4-10H2,1-3H3. The van der Waals surface area contributed by atoms with Crippen molar-refractivity contribution in [2.24, 2.45) is 17.8 Å². The molecule has 3 heteroatoms. The second-order valence-electron chi connectivity index (χ2n) is 6.02. The van der Waals surface area contributed by atoms with E-state index in [9.17, 15) is 14.4 Å². The van der Waals surface area contributed by atoms with Crippen LogP contribution in [0.15, 0.2) is 0 Å². The van der Waals surface area contributed by atoms with Crippen molar-refractivity contribution in [1.82, 2.24) is 0 Å². The Morgan fingerprint density at radius 2 is 0.947 bits per heavy atom. The van der Waals surface area contributed by atoms with E-state index in [0.717, 1.165) is 38.5 Å². The van der Waals surface area contributed by atoms with Crippen molar-refractivity contribution in [2.45, 2.75) is 65.7 Å². The van der Waals surface area contributed by atoms with E-state index >= 15 is 0 Å². The van der Waals surface area contributed by atoms with Crippen LogP contribution in [-0.4, -0.2) is 17.3 Å². The monoisotopic (exact) mass is 266 g/mol. The first-order valence-electron chi connectivity index (χ1n) is 7.43. The fourth-order valence-corrected chi connectivity index (χ4v) is 3.09. The fraction of sp³-hybridized carbons (Fsp3) is 0.812. The van der Waals surface area contributed by atoms with Crippen LogP contribution in [0.2, 0.25) is 0 Å². The van der Waals surface area contributed by atoms with Gasteiger partial charge in [0.1, 0.15) is 17.3 Å². The first kappa shape index (κ1) is 16.1. The van der Waals surface area contributed by atoms with E-state index < -0.39 is 0 Å². The number of carbonyl (C=O) groups is 3. The molecular weight excluding hydrogens is 240 g/mol. The minimum absolute atomic E-state index is 0.000363. The molecule has 1 rings (SSSR count). The van der Waals surface area contributed by atoms with Crippen LogP contribution in [0, 0.1) is 17.8 Å². The van der Waals surface area contributed by atoms with Crippen LogP contribution in [0.4, 0.5) is 0 Å². The minimum Gasteiger partial charge on any atom is -0.300 e. The van der Waals surface area contributed by atoms with Crippen molar-refractivity contribution >= 4 is 17.3 Å². The van der Waals surface area contributed by atoms with Gasteiger partial charge in [0.05, 0.1) is 0 Å². The highest BCUT2D eigenvalue weighted by molar-refractivity contribution is 5.81. The third-order valence-corrected chi connectivity index (χ3v) is 4.50. The lowest BCUT2D eigenvalue weighted by Crippen LogP contribution is -2.23. The Balaban J connectivity index is 2.74. The molecule has 0 spiro atoms. The maximum Gasteiger partial charge on any atom is 0.132 e. The second-order valence-corrected chi connectivity index (χ2v) is 6.02. The molecule has 0 heterocycles. The Bertz CT molecular complexity index is 320. The smallest absolute Gasteiger partial charge is 0.132 e. The zero-order valence-corrected chi connectivity index (χ0v) is 12.4. The molecule has 0 amide bonds. The molecule has 1 aliphatic carbocycles. The highest BCUT2D eigenvalue weighted by atomic mass is 16.1. The van der Waals surface area contributed by atoms with Crippen LogP contribution >= 0.6 is 0 Å². The highest BCUT2D eigenvalue weighted by Crippen LogP contribution is 2.29. The average Bonchev–Trinajstić information content (AvgIpc) is 2.33. The fourth-order valence-electron chi connectivity index (χ4n) is 3.09. The molecule has 0 aromatic rings. The maximum absolute atomic E-state index is 11.7. The molecule has 108 valence electrons. The molecule has 0 radical (unpaired) electrons. The molecular formula is C16H26O3. The molecule has 3 nitrogen and oxygen atoms in total. The lowest BCUT2D eigenvalue weighted by Gasteiger charge is -2.24. The number of carbonyl (C=O) groups excluding carboxylic acids is 3. The third-order valence-electron chi connectivity index (χ3n) is 4.50. The lowest BCUT2D eigenvalue weighted by molar-refractivity contribution is -0.124. The van der Waals surface area contributed by atoms with Gasteiger partial charge in [0.2, 0.25) is 0 Å². The van der Waals surface area contributed by atoms with Crippen molar-refractivity contribution in [3.8, 4) is 0 Å². The van der Waals surface area contributed by atoms with E-state index in [1.165, 1.54) is 0 Å². The lowest BCUT2D eigenvalue weighted by atomic mass is 9.80. The van der Waals surface area contributed by atoms with Gasteiger partial charge in [0.15, 0.2) is 0 Å². The van der Waals surface area contributed by atoms with Crippen LogP contribution in [0.1, 0.15) is 65.7 Å². The van der Waals surface area contributed by atoms with Gasteiger partial charge in [-0.05, 0) is 52.9 Å². The summed E-state index contributed by atoms with van der Waals surface area (Å²) in [5.41, 5.74) is 0. The zero-order valence-electron chi connectivity index (χ0n) is 12.4. The second kappa shape index (κ2) is 7.56. The van der Waals surface area contributed by atoms with Gasteiger partial charge in [-0.25, -0.2) is 0 Å². The van der Waals surface area contributed by atoms with Crippen molar-refractivity contribution in [3.63, 3.8) is 0 Å². The largest absolute Gasteiger partial charge is 0.300 e. The molecule has 0 N–H and O–H groups in total. The molecule has 19 heavy (non-hydrogen) atoms. The Labute approximate surface area is 116 Å². The first-order chi connectivity index (χ1) is 8.91. The summed E-state index contributed by atoms with van der Waals surface area (Å²) in [5.74, 6) is 0.745. The van der Waals surface area contributed by atoms with Crippen molar-refractivity contribution in [1.29, 1.82) is 0 Å². The van der Waals surface area contributed by atoms with Crippen LogP contribution in [0.5, 0.6) is 0 Å². The summed E-state index contributed by atoms with van der Waals surface area (Å²) >= 11 is 0. The molecule has 0 bridgehead atoms. The Hall–Kier alpha value is -0.990. The number of hydrogen-bond donors (Lipinski definition) is 0. The highest BCUT2D eigenvalue weighted by Gasteiger charge is 2.25. The van der Waals surface area contributed by atoms with Gasteiger partial charge in [-0.3, -0.25) is 14.4 Å². The van der Waals surface area contributed by atoms with E-state index in [2.05, 4.69) is 0 Å². The maximum atomic E-state index is 11.7. The van der Waals surface area contributed by atoms with Crippen molar-refractivity contribution < 1.29 is 14.4 Å². The molecule has 2 atom stereocenters. The number of ketones is 3. The quantitative estimate of drug-likeness (QED) is 0.787. The molecule has 1 aliphatic rings. The van der Waals surface area contributed by atoms with E-state index in [-0.39, 0.29) is 35.1 Å². The normalized spacial score (nSPS) is 29.5. The molecule has 1 fully saturated rings. The Morgan fingerprint density at radius 1 is 0.632 bits per heavy atom. The van der Waals surface area contributed by atoms with E-state index in [4.69, 9.17) is 0 Å². The number of Topliss-reactive ketones (excluding diaryl/α,β-unsaturated/α-hetero) is 3. The van der Waals surface area contributed by atoms with E-state index in [0.29, 0.717) is 6.42 Å². The van der Waals surface area contributed by atoms with Gasteiger partial charge < -0.3 is 0 Å². The molecule has 0 aromatic carbocycles. The predicted octanol–water partition coefficient (Wildman–Crippen LogP) is 3.35. The van der Waals surface area contributed by atoms with Crippen molar-refractivity contribution in [2.75, 3.05) is 0 Å². The van der Waals surface area contributed by atoms with Gasteiger partial charge in [0.25, 0.3) is 0 Å². The Morgan fingerprint density at radius 3 is 1.26 bits per heavy atom. The summed E-state index contributed by atoms with van der Waals surface area (Å²) in [6.07, 6.45) is 5.97. The predicted molar refractivity (Wildman–Crippen MR) is 74.8 cm³/mol. The first-order valence-corrected chi connectivity index (χ1v) is 7.43. The topological polar surface area (TPSA) is 51.2 Å². The van der Waals surface area contributed by atoms with Gasteiger partial charge in [-0.15, -0.1) is 0 Å². The van der Waals surface area contributed by atoms with Crippen molar-refractivity contribution in [3.05, 3.63) is 0 Å². The summed E-state index contributed by atoms with van der Waals surface area (Å²) in [4.78, 5) is 34.9. The van der Waals surface area contributed by atoms with E-state index in [1.807, 2.05) is 0 Å². The van der Waals surface area contributed by atoms with Gasteiger partial charge in [-0.1, -0.05) is 12.8 Å². The number of rotatable bonds is 3. The number of hydrogen-bond acceptors (Lipinski definition) is 3. The molecule has 0 saturated heterocycles. The average molecular weight is 266 g/mol. The summed E-state index contributed by atoms with van der Waals surface area (Å²) in [6, 6.07) is 0. The van der Waals surface area contributed by atoms with Gasteiger partial charge in [0, 0.05) is 17.8 Å². The van der Waals surface area contributed by atoms with Crippen LogP contribution in [0.3, 0.4) is 0 Å². The third kappa shape index (κ3) is 5.25. The Kier molecular flexibility index (Phi) is 6.40. The minimum atomic E-state index is -0.000363. The molecule has 1 saturated carbocycles. The summed E-state index contributed by atoms with van der Waals surface area (Å²) in [6.45, 7) is 4.90. The van der Waals surface area contributed by atoms with E-state index in [1.54, 1.807) is 20.8 Å². The van der Waals surface area contributed by atoms with Crippen LogP contribution < -0.4 is 0 Å². The summed E-state index contributed by atoms with van der Waals surface area (Å²) in [7, 11) is 0. The van der Waals surface area contributed by atoms with Crippen LogP contribution in [-0.2, 0) is 14.4 Å². The van der Waals surface area contributed by atoms with Crippen LogP contribution in [0.25, 0.3) is 0 Å². The summed E-state index contributed by atoms with van der Waals surface area (Å²) < 4.78 is 0. The van der Waals surface area contributed by atoms with Gasteiger partial charge >= 0.3 is 0 Å². The molecule has 0 aliphatic heterocycles. The summed E-state index contributed by atoms with van der Waals surface area (Å²) in [5, 5.41) is 0. The van der Waals surface area contributed by atoms with Gasteiger partial charge in [-0.2, -0.15) is 0 Å². The zero-order chi connectivity index (χ0) is 14.4.